The summed E-state index contributed by atoms with van der Waals surface area (Å²) in [6.07, 6.45) is 1.10. The Balaban J connectivity index is 2.17. The van der Waals surface area contributed by atoms with E-state index in [0.29, 0.717) is 12.0 Å². The smallest absolute Gasteiger partial charge is 0.128 e. The standard InChI is InChI=1S/C16H21Cl2N3/c1-10-9-20(3)8-7-14(10)21-15-12(18)5-4-6-13(15)19-16(21)11(2)17/h4-6,10-11,14H,7-9H2,1-3H3. The van der Waals surface area contributed by atoms with Gasteiger partial charge in [0.25, 0.3) is 0 Å². The molecule has 2 heterocycles. The van der Waals surface area contributed by atoms with Gasteiger partial charge in [-0.3, -0.25) is 0 Å². The summed E-state index contributed by atoms with van der Waals surface area (Å²) < 4.78 is 2.30. The third-order valence-electron chi connectivity index (χ3n) is 4.44. The minimum atomic E-state index is -0.125. The zero-order chi connectivity index (χ0) is 15.1. The molecule has 0 bridgehead atoms. The number of para-hydroxylation sites is 1. The van der Waals surface area contributed by atoms with Gasteiger partial charge in [-0.2, -0.15) is 0 Å². The Morgan fingerprint density at radius 2 is 2.14 bits per heavy atom. The summed E-state index contributed by atoms with van der Waals surface area (Å²) in [6, 6.07) is 6.30. The van der Waals surface area contributed by atoms with E-state index in [1.165, 1.54) is 0 Å². The molecule has 0 N–H and O–H groups in total. The van der Waals surface area contributed by atoms with Crippen molar-refractivity contribution in [3.63, 3.8) is 0 Å². The van der Waals surface area contributed by atoms with E-state index in [1.807, 2.05) is 25.1 Å². The Hall–Kier alpha value is -0.770. The van der Waals surface area contributed by atoms with Crippen molar-refractivity contribution in [2.24, 2.45) is 5.92 Å². The lowest BCUT2D eigenvalue weighted by Gasteiger charge is -2.37. The molecule has 5 heteroatoms. The molecule has 0 radical (unpaired) electrons. The highest BCUT2D eigenvalue weighted by atomic mass is 35.5. The number of alkyl halides is 1. The van der Waals surface area contributed by atoms with Crippen LogP contribution in [-0.2, 0) is 0 Å². The number of imidazole rings is 1. The topological polar surface area (TPSA) is 21.1 Å². The van der Waals surface area contributed by atoms with E-state index in [2.05, 4.69) is 23.4 Å². The normalized spacial score (nSPS) is 25.4. The van der Waals surface area contributed by atoms with Crippen LogP contribution >= 0.6 is 23.2 Å². The van der Waals surface area contributed by atoms with Gasteiger partial charge in [0.2, 0.25) is 0 Å². The van der Waals surface area contributed by atoms with Crippen molar-refractivity contribution in [1.29, 1.82) is 0 Å². The molecular formula is C16H21Cl2N3. The minimum Gasteiger partial charge on any atom is -0.322 e. The van der Waals surface area contributed by atoms with Crippen molar-refractivity contribution in [3.8, 4) is 0 Å². The number of hydrogen-bond donors (Lipinski definition) is 0. The zero-order valence-corrected chi connectivity index (χ0v) is 14.2. The SMILES string of the molecule is CC(Cl)c1nc2cccc(Cl)c2n1C1CCN(C)CC1C. The van der Waals surface area contributed by atoms with Crippen LogP contribution in [0.1, 0.15) is 37.5 Å². The molecule has 1 fully saturated rings. The van der Waals surface area contributed by atoms with Crippen LogP contribution in [0, 0.1) is 5.92 Å². The van der Waals surface area contributed by atoms with E-state index in [-0.39, 0.29) is 5.38 Å². The summed E-state index contributed by atoms with van der Waals surface area (Å²) in [5.41, 5.74) is 1.97. The first-order valence-electron chi connectivity index (χ1n) is 7.48. The van der Waals surface area contributed by atoms with E-state index >= 15 is 0 Å². The van der Waals surface area contributed by atoms with Gasteiger partial charge in [0.1, 0.15) is 5.82 Å². The zero-order valence-electron chi connectivity index (χ0n) is 12.7. The predicted molar refractivity (Wildman–Crippen MR) is 89.3 cm³/mol. The van der Waals surface area contributed by atoms with Crippen LogP contribution in [0.4, 0.5) is 0 Å². The van der Waals surface area contributed by atoms with Gasteiger partial charge in [0.15, 0.2) is 0 Å². The molecule has 1 aliphatic rings. The fourth-order valence-electron chi connectivity index (χ4n) is 3.47. The van der Waals surface area contributed by atoms with E-state index in [0.717, 1.165) is 41.4 Å². The van der Waals surface area contributed by atoms with Crippen molar-refractivity contribution in [3.05, 3.63) is 29.0 Å². The number of benzene rings is 1. The Labute approximate surface area is 135 Å². The van der Waals surface area contributed by atoms with E-state index < -0.39 is 0 Å². The molecule has 0 amide bonds. The minimum absolute atomic E-state index is 0.125. The molecular weight excluding hydrogens is 305 g/mol. The summed E-state index contributed by atoms with van der Waals surface area (Å²) in [6.45, 7) is 6.46. The number of aromatic nitrogens is 2. The van der Waals surface area contributed by atoms with Crippen molar-refractivity contribution in [2.75, 3.05) is 20.1 Å². The maximum Gasteiger partial charge on any atom is 0.128 e. The first kappa shape index (κ1) is 15.1. The highest BCUT2D eigenvalue weighted by Crippen LogP contribution is 2.37. The maximum absolute atomic E-state index is 6.46. The average molecular weight is 326 g/mol. The molecule has 114 valence electrons. The lowest BCUT2D eigenvalue weighted by Crippen LogP contribution is -2.38. The van der Waals surface area contributed by atoms with E-state index in [9.17, 15) is 0 Å². The van der Waals surface area contributed by atoms with Crippen molar-refractivity contribution >= 4 is 34.2 Å². The van der Waals surface area contributed by atoms with Crippen LogP contribution in [0.25, 0.3) is 11.0 Å². The van der Waals surface area contributed by atoms with E-state index in [4.69, 9.17) is 28.2 Å². The monoisotopic (exact) mass is 325 g/mol. The molecule has 3 rings (SSSR count). The molecule has 2 aromatic rings. The second-order valence-corrected chi connectivity index (χ2v) is 7.22. The molecule has 1 aliphatic heterocycles. The number of nitrogens with zero attached hydrogens (tertiary/aromatic N) is 3. The fraction of sp³-hybridized carbons (Fsp3) is 0.562. The number of rotatable bonds is 2. The Bertz CT molecular complexity index is 650. The second-order valence-electron chi connectivity index (χ2n) is 6.16. The Morgan fingerprint density at radius 1 is 1.38 bits per heavy atom. The lowest BCUT2D eigenvalue weighted by molar-refractivity contribution is 0.159. The lowest BCUT2D eigenvalue weighted by atomic mass is 9.93. The molecule has 1 aromatic carbocycles. The van der Waals surface area contributed by atoms with Crippen LogP contribution in [0.2, 0.25) is 5.02 Å². The van der Waals surface area contributed by atoms with Gasteiger partial charge in [-0.1, -0.05) is 24.6 Å². The average Bonchev–Trinajstić information content (AvgIpc) is 2.80. The number of hydrogen-bond acceptors (Lipinski definition) is 2. The summed E-state index contributed by atoms with van der Waals surface area (Å²) in [4.78, 5) is 7.12. The highest BCUT2D eigenvalue weighted by Gasteiger charge is 2.30. The van der Waals surface area contributed by atoms with Crippen LogP contribution < -0.4 is 0 Å². The van der Waals surface area contributed by atoms with Gasteiger partial charge in [-0.05, 0) is 45.0 Å². The van der Waals surface area contributed by atoms with Gasteiger partial charge in [0, 0.05) is 12.6 Å². The van der Waals surface area contributed by atoms with Crippen molar-refractivity contribution in [1.82, 2.24) is 14.5 Å². The third kappa shape index (κ3) is 2.67. The number of halogens is 2. The quantitative estimate of drug-likeness (QED) is 0.758. The van der Waals surface area contributed by atoms with Crippen LogP contribution in [0.15, 0.2) is 18.2 Å². The van der Waals surface area contributed by atoms with Gasteiger partial charge < -0.3 is 9.47 Å². The molecule has 0 saturated carbocycles. The van der Waals surface area contributed by atoms with Gasteiger partial charge in [-0.15, -0.1) is 11.6 Å². The summed E-state index contributed by atoms with van der Waals surface area (Å²) in [5.74, 6) is 1.48. The van der Waals surface area contributed by atoms with Gasteiger partial charge in [-0.25, -0.2) is 4.98 Å². The molecule has 21 heavy (non-hydrogen) atoms. The Kier molecular flexibility index (Phi) is 4.17. The molecule has 1 saturated heterocycles. The number of likely N-dealkylation sites (tertiary alicyclic amines) is 1. The summed E-state index contributed by atoms with van der Waals surface area (Å²) in [7, 11) is 2.18. The maximum atomic E-state index is 6.46. The molecule has 3 atom stereocenters. The highest BCUT2D eigenvalue weighted by molar-refractivity contribution is 6.35. The molecule has 0 aliphatic carbocycles. The fourth-order valence-corrected chi connectivity index (χ4v) is 3.88. The second kappa shape index (κ2) is 5.79. The van der Waals surface area contributed by atoms with Gasteiger partial charge in [0.05, 0.1) is 21.4 Å². The molecule has 0 spiro atoms. The van der Waals surface area contributed by atoms with Crippen LogP contribution in [-0.4, -0.2) is 34.6 Å². The number of piperidine rings is 1. The predicted octanol–water partition coefficient (Wildman–Crippen LogP) is 4.50. The number of fused-ring (bicyclic) bond motifs is 1. The summed E-state index contributed by atoms with van der Waals surface area (Å²) >= 11 is 12.9. The largest absolute Gasteiger partial charge is 0.322 e. The van der Waals surface area contributed by atoms with Gasteiger partial charge >= 0.3 is 0 Å². The van der Waals surface area contributed by atoms with E-state index in [1.54, 1.807) is 0 Å². The summed E-state index contributed by atoms with van der Waals surface area (Å²) in [5, 5.41) is 0.634. The molecule has 3 unspecified atom stereocenters. The third-order valence-corrected chi connectivity index (χ3v) is 4.94. The molecule has 3 nitrogen and oxygen atoms in total. The Morgan fingerprint density at radius 3 is 2.81 bits per heavy atom. The van der Waals surface area contributed by atoms with Crippen LogP contribution in [0.3, 0.4) is 0 Å². The first-order chi connectivity index (χ1) is 9.99. The first-order valence-corrected chi connectivity index (χ1v) is 8.29. The van der Waals surface area contributed by atoms with Crippen molar-refractivity contribution in [2.45, 2.75) is 31.7 Å². The molecule has 1 aromatic heterocycles. The van der Waals surface area contributed by atoms with Crippen LogP contribution in [0.5, 0.6) is 0 Å². The van der Waals surface area contributed by atoms with Crippen molar-refractivity contribution < 1.29 is 0 Å².